The van der Waals surface area contributed by atoms with Gasteiger partial charge < -0.3 is 10.5 Å². The van der Waals surface area contributed by atoms with Crippen molar-refractivity contribution < 1.29 is 9.53 Å². The number of carbonyl (C=O) groups is 1. The van der Waals surface area contributed by atoms with Crippen LogP contribution in [-0.2, 0) is 4.74 Å². The summed E-state index contributed by atoms with van der Waals surface area (Å²) in [6.45, 7) is 0.501. The Hall–Kier alpha value is -1.86. The number of nitrogens with two attached hydrogens (primary N) is 1. The van der Waals surface area contributed by atoms with Gasteiger partial charge in [0, 0.05) is 25.4 Å². The van der Waals surface area contributed by atoms with E-state index in [-0.39, 0.29) is 0 Å². The lowest BCUT2D eigenvalue weighted by molar-refractivity contribution is 0.0600. The van der Waals surface area contributed by atoms with Crippen molar-refractivity contribution in [2.75, 3.05) is 13.7 Å². The summed E-state index contributed by atoms with van der Waals surface area (Å²) in [7, 11) is 1.33. The van der Waals surface area contributed by atoms with Crippen LogP contribution >= 0.6 is 0 Å². The van der Waals surface area contributed by atoms with Gasteiger partial charge in [-0.1, -0.05) is 11.8 Å². The predicted octanol–water partition coefficient (Wildman–Crippen LogP) is 0.569. The van der Waals surface area contributed by atoms with Gasteiger partial charge in [-0.15, -0.1) is 0 Å². The van der Waals surface area contributed by atoms with E-state index in [0.717, 1.165) is 0 Å². The number of hydrogen-bond donors (Lipinski definition) is 1. The maximum Gasteiger partial charge on any atom is 0.339 e. The number of rotatable bonds is 2. The Morgan fingerprint density at radius 1 is 1.67 bits per heavy atom. The first-order valence-electron chi connectivity index (χ1n) is 4.51. The summed E-state index contributed by atoms with van der Waals surface area (Å²) in [5, 5.41) is 0. The van der Waals surface area contributed by atoms with Crippen LogP contribution in [0.1, 0.15) is 22.3 Å². The van der Waals surface area contributed by atoms with Crippen molar-refractivity contribution in [3.05, 3.63) is 29.6 Å². The summed E-state index contributed by atoms with van der Waals surface area (Å²) in [6, 6.07) is 1.58. The minimum absolute atomic E-state index is 0.408. The summed E-state index contributed by atoms with van der Waals surface area (Å²) in [4.78, 5) is 15.2. The molecule has 78 valence electrons. The molecule has 1 heterocycles. The minimum Gasteiger partial charge on any atom is -0.465 e. The zero-order valence-electron chi connectivity index (χ0n) is 8.49. The molecule has 0 radical (unpaired) electrons. The molecule has 0 saturated heterocycles. The van der Waals surface area contributed by atoms with E-state index in [9.17, 15) is 4.79 Å². The van der Waals surface area contributed by atoms with Crippen LogP contribution < -0.4 is 5.73 Å². The van der Waals surface area contributed by atoms with Crippen molar-refractivity contribution in [3.63, 3.8) is 0 Å². The monoisotopic (exact) mass is 204 g/mol. The minimum atomic E-state index is -0.408. The van der Waals surface area contributed by atoms with Crippen LogP contribution in [0.25, 0.3) is 0 Å². The standard InChI is InChI=1S/C11H12N2O2/c1-15-11(14)10-5-7-13-8-9(10)4-2-3-6-12/h5,7-8H,3,6,12H2,1H3. The lowest BCUT2D eigenvalue weighted by Gasteiger charge is -2.00. The SMILES string of the molecule is COC(=O)c1ccncc1C#CCCN. The van der Waals surface area contributed by atoms with Gasteiger partial charge in [0.15, 0.2) is 0 Å². The smallest absolute Gasteiger partial charge is 0.339 e. The summed E-state index contributed by atoms with van der Waals surface area (Å²) < 4.78 is 4.62. The number of carbonyl (C=O) groups excluding carboxylic acids is 1. The molecule has 0 bridgehead atoms. The lowest BCUT2D eigenvalue weighted by atomic mass is 10.1. The van der Waals surface area contributed by atoms with Crippen LogP contribution in [0.15, 0.2) is 18.5 Å². The van der Waals surface area contributed by atoms with Gasteiger partial charge in [0.25, 0.3) is 0 Å². The molecule has 0 aromatic carbocycles. The number of hydrogen-bond acceptors (Lipinski definition) is 4. The molecule has 4 nitrogen and oxygen atoms in total. The van der Waals surface area contributed by atoms with Gasteiger partial charge in [0.05, 0.1) is 18.2 Å². The van der Waals surface area contributed by atoms with Gasteiger partial charge in [-0.25, -0.2) is 4.79 Å². The van der Waals surface area contributed by atoms with E-state index in [0.29, 0.717) is 24.1 Å². The largest absolute Gasteiger partial charge is 0.465 e. The van der Waals surface area contributed by atoms with E-state index < -0.39 is 5.97 Å². The molecule has 0 aliphatic rings. The van der Waals surface area contributed by atoms with Crippen LogP contribution in [0.4, 0.5) is 0 Å². The molecule has 2 N–H and O–H groups in total. The zero-order valence-corrected chi connectivity index (χ0v) is 8.49. The Morgan fingerprint density at radius 3 is 3.13 bits per heavy atom. The van der Waals surface area contributed by atoms with E-state index in [2.05, 4.69) is 21.6 Å². The topological polar surface area (TPSA) is 65.2 Å². The van der Waals surface area contributed by atoms with E-state index in [1.807, 2.05) is 0 Å². The molecule has 0 atom stereocenters. The summed E-state index contributed by atoms with van der Waals surface area (Å²) >= 11 is 0. The molecule has 0 fully saturated rings. The Kier molecular flexibility index (Phi) is 4.32. The number of aromatic nitrogens is 1. The Morgan fingerprint density at radius 2 is 2.47 bits per heavy atom. The highest BCUT2D eigenvalue weighted by molar-refractivity contribution is 5.92. The van der Waals surface area contributed by atoms with Gasteiger partial charge in [-0.05, 0) is 6.07 Å². The van der Waals surface area contributed by atoms with E-state index in [4.69, 9.17) is 5.73 Å². The van der Waals surface area contributed by atoms with Crippen molar-refractivity contribution >= 4 is 5.97 Å². The van der Waals surface area contributed by atoms with E-state index >= 15 is 0 Å². The number of nitrogens with zero attached hydrogens (tertiary/aromatic N) is 1. The van der Waals surface area contributed by atoms with Crippen molar-refractivity contribution in [2.24, 2.45) is 5.73 Å². The van der Waals surface area contributed by atoms with Gasteiger partial charge in [-0.2, -0.15) is 0 Å². The summed E-state index contributed by atoms with van der Waals surface area (Å²) in [5.74, 6) is 5.28. The molecular formula is C11H12N2O2. The number of pyridine rings is 1. The quantitative estimate of drug-likeness (QED) is 0.565. The number of ether oxygens (including phenoxy) is 1. The first-order chi connectivity index (χ1) is 7.29. The van der Waals surface area contributed by atoms with Crippen molar-refractivity contribution in [3.8, 4) is 11.8 Å². The van der Waals surface area contributed by atoms with Crippen LogP contribution in [0.5, 0.6) is 0 Å². The first kappa shape index (κ1) is 11.2. The highest BCUT2D eigenvalue weighted by atomic mass is 16.5. The second kappa shape index (κ2) is 5.78. The molecule has 15 heavy (non-hydrogen) atoms. The van der Waals surface area contributed by atoms with E-state index in [1.165, 1.54) is 19.5 Å². The second-order valence-corrected chi connectivity index (χ2v) is 2.75. The fourth-order valence-corrected chi connectivity index (χ4v) is 1.01. The van der Waals surface area contributed by atoms with Crippen LogP contribution in [0, 0.1) is 11.8 Å². The number of methoxy groups -OCH3 is 1. The first-order valence-corrected chi connectivity index (χ1v) is 4.51. The third-order valence-corrected chi connectivity index (χ3v) is 1.72. The highest BCUT2D eigenvalue weighted by Gasteiger charge is 2.09. The fourth-order valence-electron chi connectivity index (χ4n) is 1.01. The highest BCUT2D eigenvalue weighted by Crippen LogP contribution is 2.06. The van der Waals surface area contributed by atoms with Gasteiger partial charge in [0.2, 0.25) is 0 Å². The van der Waals surface area contributed by atoms with Crippen molar-refractivity contribution in [1.82, 2.24) is 4.98 Å². The molecule has 4 heteroatoms. The lowest BCUT2D eigenvalue weighted by Crippen LogP contribution is -2.04. The maximum atomic E-state index is 11.3. The molecule has 0 spiro atoms. The Labute approximate surface area is 88.5 Å². The van der Waals surface area contributed by atoms with Crippen LogP contribution in [0.2, 0.25) is 0 Å². The third-order valence-electron chi connectivity index (χ3n) is 1.72. The van der Waals surface area contributed by atoms with Gasteiger partial charge >= 0.3 is 5.97 Å². The normalized spacial score (nSPS) is 8.93. The Balaban J connectivity index is 2.98. The molecule has 1 aromatic rings. The van der Waals surface area contributed by atoms with Crippen molar-refractivity contribution in [1.29, 1.82) is 0 Å². The molecule has 0 aliphatic heterocycles. The molecule has 0 aliphatic carbocycles. The molecule has 0 amide bonds. The Bertz CT molecular complexity index is 405. The maximum absolute atomic E-state index is 11.3. The average Bonchev–Trinajstić information content (AvgIpc) is 2.29. The van der Waals surface area contributed by atoms with Gasteiger partial charge in [0.1, 0.15) is 0 Å². The second-order valence-electron chi connectivity index (χ2n) is 2.75. The average molecular weight is 204 g/mol. The summed E-state index contributed by atoms with van der Waals surface area (Å²) in [6.07, 6.45) is 3.66. The molecule has 0 saturated carbocycles. The molecule has 1 aromatic heterocycles. The molecular weight excluding hydrogens is 192 g/mol. The van der Waals surface area contributed by atoms with Crippen LogP contribution in [-0.4, -0.2) is 24.6 Å². The van der Waals surface area contributed by atoms with E-state index in [1.54, 1.807) is 6.07 Å². The summed E-state index contributed by atoms with van der Waals surface area (Å²) in [5.41, 5.74) is 6.30. The van der Waals surface area contributed by atoms with Crippen molar-refractivity contribution in [2.45, 2.75) is 6.42 Å². The fraction of sp³-hybridized carbons (Fsp3) is 0.273. The molecule has 1 rings (SSSR count). The van der Waals surface area contributed by atoms with Gasteiger partial charge in [-0.3, -0.25) is 4.98 Å². The zero-order chi connectivity index (χ0) is 11.1. The third kappa shape index (κ3) is 3.08. The predicted molar refractivity (Wildman–Crippen MR) is 56.1 cm³/mol. The van der Waals surface area contributed by atoms with Crippen LogP contribution in [0.3, 0.4) is 0 Å². The number of esters is 1. The molecule has 0 unspecified atom stereocenters.